The molecule has 0 saturated carbocycles. The van der Waals surface area contributed by atoms with Crippen LogP contribution in [0.2, 0.25) is 0 Å². The molecule has 68 valence electrons. The van der Waals surface area contributed by atoms with E-state index in [4.69, 9.17) is 10.9 Å². The van der Waals surface area contributed by atoms with Crippen molar-refractivity contribution >= 4 is 18.1 Å². The van der Waals surface area contributed by atoms with Gasteiger partial charge in [0.25, 0.3) is 0 Å². The van der Waals surface area contributed by atoms with Crippen molar-refractivity contribution in [2.24, 2.45) is 10.8 Å². The van der Waals surface area contributed by atoms with Crippen LogP contribution in [0.3, 0.4) is 0 Å². The third-order valence-corrected chi connectivity index (χ3v) is 1.10. The molecule has 0 aromatic rings. The van der Waals surface area contributed by atoms with Gasteiger partial charge in [0.2, 0.25) is 5.78 Å². The third-order valence-electron chi connectivity index (χ3n) is 1.10. The number of rotatable bonds is 6. The van der Waals surface area contributed by atoms with Crippen LogP contribution >= 0.6 is 0 Å². The summed E-state index contributed by atoms with van der Waals surface area (Å²) in [4.78, 5) is 24.2. The highest BCUT2D eigenvalue weighted by Gasteiger charge is 2.09. The van der Waals surface area contributed by atoms with E-state index in [0.717, 1.165) is 0 Å². The number of carboxylic acid groups (broad SMARTS) is 1. The highest BCUT2D eigenvalue weighted by Crippen LogP contribution is 1.90. The molecule has 0 aliphatic heterocycles. The molecule has 0 radical (unpaired) electrons. The van der Waals surface area contributed by atoms with Gasteiger partial charge in [-0.1, -0.05) is 0 Å². The minimum absolute atomic E-state index is 0.0112. The molecule has 0 amide bonds. The number of hydrogen-bond acceptors (Lipinski definition) is 4. The summed E-state index contributed by atoms with van der Waals surface area (Å²) in [7, 11) is 0. The predicted octanol–water partition coefficient (Wildman–Crippen LogP) is -1.09. The Hall–Kier alpha value is -1.43. The van der Waals surface area contributed by atoms with Gasteiger partial charge in [-0.2, -0.15) is 0 Å². The van der Waals surface area contributed by atoms with E-state index < -0.39 is 11.8 Å². The molecular weight excluding hydrogens is 162 g/mol. The van der Waals surface area contributed by atoms with Crippen LogP contribution in [0.5, 0.6) is 0 Å². The van der Waals surface area contributed by atoms with Crippen LogP contribution in [-0.4, -0.2) is 29.7 Å². The molecule has 0 heterocycles. The van der Waals surface area contributed by atoms with Crippen molar-refractivity contribution in [3.8, 4) is 0 Å². The van der Waals surface area contributed by atoms with Gasteiger partial charge < -0.3 is 10.5 Å². The summed E-state index contributed by atoms with van der Waals surface area (Å²) >= 11 is 0. The van der Waals surface area contributed by atoms with E-state index in [2.05, 4.69) is 10.4 Å². The first kappa shape index (κ1) is 10.6. The number of carbonyl (C=O) groups is 2. The number of aliphatic imine (C=N–C) groups is 1. The lowest BCUT2D eigenvalue weighted by atomic mass is 10.2. The van der Waals surface area contributed by atoms with E-state index in [9.17, 15) is 9.59 Å². The maximum absolute atomic E-state index is 10.5. The third kappa shape index (κ3) is 5.36. The van der Waals surface area contributed by atoms with Crippen molar-refractivity contribution in [2.75, 3.05) is 6.54 Å². The van der Waals surface area contributed by atoms with Crippen molar-refractivity contribution < 1.29 is 14.7 Å². The summed E-state index contributed by atoms with van der Waals surface area (Å²) in [6, 6.07) is 0. The van der Waals surface area contributed by atoms with Gasteiger partial charge in [-0.05, 0) is 6.42 Å². The fraction of sp³-hybridized carbons (Fsp3) is 0.500. The number of Topliss-reactive ketones (excluding diaryl/α,β-unsaturated/α-hetero) is 1. The van der Waals surface area contributed by atoms with Crippen molar-refractivity contribution in [1.29, 1.82) is 0 Å². The molecule has 6 heteroatoms. The molecule has 12 heavy (non-hydrogen) atoms. The van der Waals surface area contributed by atoms with Gasteiger partial charge in [-0.3, -0.25) is 9.79 Å². The molecule has 0 unspecified atom stereocenters. The molecule has 0 rings (SSSR count). The van der Waals surface area contributed by atoms with Crippen LogP contribution in [0.15, 0.2) is 4.99 Å². The monoisotopic (exact) mass is 173 g/mol. The fourth-order valence-corrected chi connectivity index (χ4v) is 0.555. The molecule has 0 spiro atoms. The maximum atomic E-state index is 10.5. The lowest BCUT2D eigenvalue weighted by Gasteiger charge is -1.92. The molecule has 4 N–H and O–H groups in total. The average Bonchev–Trinajstić information content (AvgIpc) is 2.03. The van der Waals surface area contributed by atoms with Crippen LogP contribution in [0.4, 0.5) is 0 Å². The highest BCUT2D eigenvalue weighted by atomic mass is 16.4. The average molecular weight is 173 g/mol. The predicted molar refractivity (Wildman–Crippen MR) is 42.6 cm³/mol. The molecule has 0 saturated heterocycles. The van der Waals surface area contributed by atoms with Gasteiger partial charge in [-0.15, -0.1) is 0 Å². The second-order valence-electron chi connectivity index (χ2n) is 2.03. The Morgan fingerprint density at radius 3 is 2.75 bits per heavy atom. The number of nitrogens with two attached hydrogens (primary N) is 1. The quantitative estimate of drug-likeness (QED) is 0.118. The molecule has 0 aromatic heterocycles. The summed E-state index contributed by atoms with van der Waals surface area (Å²) in [6.07, 6.45) is 1.71. The molecule has 6 nitrogen and oxygen atoms in total. The first-order chi connectivity index (χ1) is 5.68. The van der Waals surface area contributed by atoms with E-state index in [0.29, 0.717) is 13.0 Å². The van der Waals surface area contributed by atoms with E-state index in [1.54, 1.807) is 0 Å². The number of nitrogens with one attached hydrogen (secondary N) is 1. The van der Waals surface area contributed by atoms with E-state index in [1.807, 2.05) is 0 Å². The molecule has 0 aliphatic rings. The van der Waals surface area contributed by atoms with Gasteiger partial charge in [0.15, 0.2) is 0 Å². The SMILES string of the molecule is NNC=NCCCC(=O)C(=O)O. The lowest BCUT2D eigenvalue weighted by Crippen LogP contribution is -2.19. The Labute approximate surface area is 69.4 Å². The van der Waals surface area contributed by atoms with Crippen molar-refractivity contribution in [2.45, 2.75) is 12.8 Å². The molecule has 0 atom stereocenters. The zero-order valence-corrected chi connectivity index (χ0v) is 6.49. The minimum atomic E-state index is -1.39. The smallest absolute Gasteiger partial charge is 0.372 e. The number of aliphatic carboxylic acids is 1. The largest absolute Gasteiger partial charge is 0.476 e. The van der Waals surface area contributed by atoms with Crippen LogP contribution in [-0.2, 0) is 9.59 Å². The summed E-state index contributed by atoms with van der Waals surface area (Å²) < 4.78 is 0. The standard InChI is InChI=1S/C6H11N3O3/c7-9-4-8-3-1-2-5(10)6(11)12/h4H,1-3,7H2,(H,8,9)(H,11,12). The van der Waals surface area contributed by atoms with Crippen LogP contribution in [0.1, 0.15) is 12.8 Å². The van der Waals surface area contributed by atoms with E-state index in [-0.39, 0.29) is 6.42 Å². The number of hydrogen-bond donors (Lipinski definition) is 3. The van der Waals surface area contributed by atoms with Crippen LogP contribution in [0, 0.1) is 0 Å². The van der Waals surface area contributed by atoms with Crippen molar-refractivity contribution in [1.82, 2.24) is 5.43 Å². The van der Waals surface area contributed by atoms with Gasteiger partial charge in [0, 0.05) is 13.0 Å². The minimum Gasteiger partial charge on any atom is -0.476 e. The summed E-state index contributed by atoms with van der Waals surface area (Å²) in [6.45, 7) is 0.392. The van der Waals surface area contributed by atoms with Crippen LogP contribution < -0.4 is 11.3 Å². The maximum Gasteiger partial charge on any atom is 0.372 e. The number of hydrazine groups is 1. The Bertz CT molecular complexity index is 190. The Morgan fingerprint density at radius 1 is 1.58 bits per heavy atom. The normalized spacial score (nSPS) is 10.1. The van der Waals surface area contributed by atoms with E-state index in [1.165, 1.54) is 6.34 Å². The lowest BCUT2D eigenvalue weighted by molar-refractivity contribution is -0.149. The zero-order valence-electron chi connectivity index (χ0n) is 6.49. The van der Waals surface area contributed by atoms with Crippen molar-refractivity contribution in [3.63, 3.8) is 0 Å². The second-order valence-corrected chi connectivity index (χ2v) is 2.03. The van der Waals surface area contributed by atoms with E-state index >= 15 is 0 Å². The Balaban J connectivity index is 3.38. The van der Waals surface area contributed by atoms with Crippen molar-refractivity contribution in [3.05, 3.63) is 0 Å². The van der Waals surface area contributed by atoms with Gasteiger partial charge in [0.05, 0.1) is 6.34 Å². The second kappa shape index (κ2) is 6.29. The fourth-order valence-electron chi connectivity index (χ4n) is 0.555. The molecule has 0 bridgehead atoms. The number of nitrogens with zero attached hydrogens (tertiary/aromatic N) is 1. The molecular formula is C6H11N3O3. The molecule has 0 aliphatic carbocycles. The number of carboxylic acids is 1. The summed E-state index contributed by atoms with van der Waals surface area (Å²) in [5, 5.41) is 8.16. The zero-order chi connectivity index (χ0) is 9.40. The topological polar surface area (TPSA) is 105 Å². The molecule has 0 fully saturated rings. The summed E-state index contributed by atoms with van der Waals surface area (Å²) in [5.74, 6) is 2.68. The summed E-state index contributed by atoms with van der Waals surface area (Å²) in [5.41, 5.74) is 2.19. The molecule has 0 aromatic carbocycles. The first-order valence-corrected chi connectivity index (χ1v) is 3.39. The highest BCUT2D eigenvalue weighted by molar-refractivity contribution is 6.32. The Kier molecular flexibility index (Phi) is 5.54. The van der Waals surface area contributed by atoms with Gasteiger partial charge >= 0.3 is 5.97 Å². The van der Waals surface area contributed by atoms with Gasteiger partial charge in [-0.25, -0.2) is 10.6 Å². The Morgan fingerprint density at radius 2 is 2.25 bits per heavy atom. The van der Waals surface area contributed by atoms with Gasteiger partial charge in [0.1, 0.15) is 0 Å². The first-order valence-electron chi connectivity index (χ1n) is 3.39. The van der Waals surface area contributed by atoms with Crippen LogP contribution in [0.25, 0.3) is 0 Å². The number of carbonyl (C=O) groups excluding carboxylic acids is 1. The number of ketones is 1.